The minimum absolute atomic E-state index is 0.0556. The molecule has 0 saturated heterocycles. The SMILES string of the molecule is COCCNC(=O)CN(C)C1CCC(N)C1. The highest BCUT2D eigenvalue weighted by molar-refractivity contribution is 5.77. The molecular formula is C11H23N3O2. The van der Waals surface area contributed by atoms with Crippen molar-refractivity contribution >= 4 is 5.91 Å². The standard InChI is InChI=1S/C11H23N3O2/c1-14(10-4-3-9(12)7-10)8-11(15)13-5-6-16-2/h9-10H,3-8,12H2,1-2H3,(H,13,15). The zero-order valence-corrected chi connectivity index (χ0v) is 10.2. The molecule has 1 fully saturated rings. The van der Waals surface area contributed by atoms with E-state index in [0.717, 1.165) is 19.3 Å². The summed E-state index contributed by atoms with van der Waals surface area (Å²) in [6.45, 7) is 1.58. The van der Waals surface area contributed by atoms with E-state index in [0.29, 0.717) is 31.8 Å². The van der Waals surface area contributed by atoms with Crippen molar-refractivity contribution in [1.82, 2.24) is 10.2 Å². The number of nitrogens with zero attached hydrogens (tertiary/aromatic N) is 1. The summed E-state index contributed by atoms with van der Waals surface area (Å²) in [5.41, 5.74) is 5.85. The Morgan fingerprint density at radius 2 is 2.31 bits per heavy atom. The van der Waals surface area contributed by atoms with Crippen LogP contribution in [0.3, 0.4) is 0 Å². The molecule has 0 aromatic heterocycles. The van der Waals surface area contributed by atoms with Gasteiger partial charge in [0.2, 0.25) is 5.91 Å². The van der Waals surface area contributed by atoms with Crippen molar-refractivity contribution in [3.05, 3.63) is 0 Å². The number of rotatable bonds is 6. The van der Waals surface area contributed by atoms with Gasteiger partial charge in [-0.15, -0.1) is 0 Å². The first kappa shape index (κ1) is 13.4. The van der Waals surface area contributed by atoms with Gasteiger partial charge in [-0.3, -0.25) is 9.69 Å². The Balaban J connectivity index is 2.17. The third-order valence-corrected chi connectivity index (χ3v) is 3.09. The molecule has 1 amide bonds. The number of hydrogen-bond acceptors (Lipinski definition) is 4. The van der Waals surface area contributed by atoms with Crippen LogP contribution in [-0.4, -0.2) is 56.7 Å². The fourth-order valence-electron chi connectivity index (χ4n) is 2.10. The fourth-order valence-corrected chi connectivity index (χ4v) is 2.10. The van der Waals surface area contributed by atoms with E-state index in [1.165, 1.54) is 0 Å². The Bertz CT molecular complexity index is 223. The number of nitrogens with two attached hydrogens (primary N) is 1. The average Bonchev–Trinajstić information content (AvgIpc) is 2.65. The van der Waals surface area contributed by atoms with Crippen molar-refractivity contribution in [1.29, 1.82) is 0 Å². The number of nitrogens with one attached hydrogen (secondary N) is 1. The lowest BCUT2D eigenvalue weighted by Crippen LogP contribution is -2.41. The maximum atomic E-state index is 11.5. The molecule has 0 spiro atoms. The first-order chi connectivity index (χ1) is 7.63. The van der Waals surface area contributed by atoms with Gasteiger partial charge >= 0.3 is 0 Å². The Morgan fingerprint density at radius 1 is 1.56 bits per heavy atom. The van der Waals surface area contributed by atoms with Crippen molar-refractivity contribution in [2.24, 2.45) is 5.73 Å². The zero-order chi connectivity index (χ0) is 12.0. The second-order valence-electron chi connectivity index (χ2n) is 4.48. The van der Waals surface area contributed by atoms with E-state index in [4.69, 9.17) is 10.5 Å². The maximum absolute atomic E-state index is 11.5. The van der Waals surface area contributed by atoms with E-state index in [-0.39, 0.29) is 5.91 Å². The zero-order valence-electron chi connectivity index (χ0n) is 10.2. The Kier molecular flexibility index (Phi) is 5.73. The minimum Gasteiger partial charge on any atom is -0.383 e. The first-order valence-corrected chi connectivity index (χ1v) is 5.85. The van der Waals surface area contributed by atoms with Gasteiger partial charge in [0.1, 0.15) is 0 Å². The third-order valence-electron chi connectivity index (χ3n) is 3.09. The molecule has 5 heteroatoms. The summed E-state index contributed by atoms with van der Waals surface area (Å²) in [6.07, 6.45) is 3.17. The van der Waals surface area contributed by atoms with Gasteiger partial charge in [-0.1, -0.05) is 0 Å². The van der Waals surface area contributed by atoms with Crippen LogP contribution in [-0.2, 0) is 9.53 Å². The topological polar surface area (TPSA) is 67.6 Å². The quantitative estimate of drug-likeness (QED) is 0.606. The lowest BCUT2D eigenvalue weighted by molar-refractivity contribution is -0.122. The first-order valence-electron chi connectivity index (χ1n) is 5.85. The number of methoxy groups -OCH3 is 1. The van der Waals surface area contributed by atoms with Gasteiger partial charge in [0.25, 0.3) is 0 Å². The molecule has 1 saturated carbocycles. The average molecular weight is 229 g/mol. The van der Waals surface area contributed by atoms with Crippen LogP contribution < -0.4 is 11.1 Å². The summed E-state index contributed by atoms with van der Waals surface area (Å²) < 4.78 is 4.87. The van der Waals surface area contributed by atoms with Crippen molar-refractivity contribution < 1.29 is 9.53 Å². The van der Waals surface area contributed by atoms with Crippen molar-refractivity contribution in [3.8, 4) is 0 Å². The van der Waals surface area contributed by atoms with E-state index >= 15 is 0 Å². The van der Waals surface area contributed by atoms with Crippen molar-refractivity contribution in [2.75, 3.05) is 33.9 Å². The number of hydrogen-bond donors (Lipinski definition) is 2. The number of ether oxygens (including phenoxy) is 1. The van der Waals surface area contributed by atoms with E-state index in [1.54, 1.807) is 7.11 Å². The maximum Gasteiger partial charge on any atom is 0.234 e. The molecule has 2 atom stereocenters. The molecule has 94 valence electrons. The molecule has 16 heavy (non-hydrogen) atoms. The molecule has 1 aliphatic rings. The largest absolute Gasteiger partial charge is 0.383 e. The normalized spacial score (nSPS) is 25.0. The molecular weight excluding hydrogens is 206 g/mol. The molecule has 1 aliphatic carbocycles. The van der Waals surface area contributed by atoms with Gasteiger partial charge in [-0.05, 0) is 26.3 Å². The number of amides is 1. The minimum atomic E-state index is 0.0556. The molecule has 1 rings (SSSR count). The van der Waals surface area contributed by atoms with Crippen LogP contribution >= 0.6 is 0 Å². The van der Waals surface area contributed by atoms with Gasteiger partial charge < -0.3 is 15.8 Å². The summed E-state index contributed by atoms with van der Waals surface area (Å²) >= 11 is 0. The highest BCUT2D eigenvalue weighted by Gasteiger charge is 2.25. The van der Waals surface area contributed by atoms with E-state index in [2.05, 4.69) is 10.2 Å². The molecule has 0 aliphatic heterocycles. The molecule has 0 radical (unpaired) electrons. The molecule has 5 nitrogen and oxygen atoms in total. The van der Waals surface area contributed by atoms with Crippen LogP contribution in [0.5, 0.6) is 0 Å². The predicted molar refractivity (Wildman–Crippen MR) is 63.1 cm³/mol. The summed E-state index contributed by atoms with van der Waals surface area (Å²) in [6, 6.07) is 0.771. The second-order valence-corrected chi connectivity index (χ2v) is 4.48. The van der Waals surface area contributed by atoms with Crippen LogP contribution in [0, 0.1) is 0 Å². The van der Waals surface area contributed by atoms with Gasteiger partial charge in [-0.2, -0.15) is 0 Å². The molecule has 0 bridgehead atoms. The van der Waals surface area contributed by atoms with Crippen LogP contribution in [0.25, 0.3) is 0 Å². The van der Waals surface area contributed by atoms with Crippen LogP contribution in [0.1, 0.15) is 19.3 Å². The Morgan fingerprint density at radius 3 is 2.88 bits per heavy atom. The molecule has 0 aromatic rings. The smallest absolute Gasteiger partial charge is 0.234 e. The van der Waals surface area contributed by atoms with E-state index in [9.17, 15) is 4.79 Å². The number of carbonyl (C=O) groups is 1. The van der Waals surface area contributed by atoms with Crippen LogP contribution in [0.4, 0.5) is 0 Å². The van der Waals surface area contributed by atoms with Gasteiger partial charge in [0.15, 0.2) is 0 Å². The Hall–Kier alpha value is -0.650. The lowest BCUT2D eigenvalue weighted by Gasteiger charge is -2.23. The Labute approximate surface area is 97.3 Å². The summed E-state index contributed by atoms with van der Waals surface area (Å²) in [7, 11) is 3.61. The highest BCUT2D eigenvalue weighted by atomic mass is 16.5. The van der Waals surface area contributed by atoms with Gasteiger partial charge in [0, 0.05) is 25.7 Å². The monoisotopic (exact) mass is 229 g/mol. The molecule has 0 aromatic carbocycles. The molecule has 3 N–H and O–H groups in total. The number of carbonyl (C=O) groups excluding carboxylic acids is 1. The molecule has 2 unspecified atom stereocenters. The summed E-state index contributed by atoms with van der Waals surface area (Å²) in [4.78, 5) is 13.6. The molecule has 0 heterocycles. The fraction of sp³-hybridized carbons (Fsp3) is 0.909. The van der Waals surface area contributed by atoms with Crippen molar-refractivity contribution in [3.63, 3.8) is 0 Å². The van der Waals surface area contributed by atoms with Gasteiger partial charge in [0.05, 0.1) is 13.2 Å². The van der Waals surface area contributed by atoms with E-state index < -0.39 is 0 Å². The van der Waals surface area contributed by atoms with Gasteiger partial charge in [-0.25, -0.2) is 0 Å². The number of likely N-dealkylation sites (N-methyl/N-ethyl adjacent to an activating group) is 1. The second kappa shape index (κ2) is 6.83. The third kappa shape index (κ3) is 4.47. The highest BCUT2D eigenvalue weighted by Crippen LogP contribution is 2.21. The van der Waals surface area contributed by atoms with Crippen LogP contribution in [0.15, 0.2) is 0 Å². The summed E-state index contributed by atoms with van der Waals surface area (Å²) in [5, 5.41) is 2.81. The van der Waals surface area contributed by atoms with Crippen molar-refractivity contribution in [2.45, 2.75) is 31.3 Å². The predicted octanol–water partition coefficient (Wildman–Crippen LogP) is -0.439. The summed E-state index contributed by atoms with van der Waals surface area (Å²) in [5.74, 6) is 0.0556. The van der Waals surface area contributed by atoms with Crippen LogP contribution in [0.2, 0.25) is 0 Å². The lowest BCUT2D eigenvalue weighted by atomic mass is 10.2. The van der Waals surface area contributed by atoms with E-state index in [1.807, 2.05) is 7.05 Å².